The van der Waals surface area contributed by atoms with Crippen LogP contribution in [0.2, 0.25) is 0 Å². The number of aromatic nitrogens is 2. The molecule has 1 fully saturated rings. The quantitative estimate of drug-likeness (QED) is 0.913. The lowest BCUT2D eigenvalue weighted by Crippen LogP contribution is -2.49. The number of imidazole rings is 1. The normalized spacial score (nSPS) is 19.3. The van der Waals surface area contributed by atoms with E-state index in [9.17, 15) is 4.79 Å². The van der Waals surface area contributed by atoms with Crippen LogP contribution in [-0.2, 0) is 7.05 Å². The highest BCUT2D eigenvalue weighted by molar-refractivity contribution is 7.08. The maximum absolute atomic E-state index is 12.8. The van der Waals surface area contributed by atoms with Crippen LogP contribution in [0.1, 0.15) is 27.8 Å². The molecule has 1 aliphatic rings. The van der Waals surface area contributed by atoms with Gasteiger partial charge in [-0.3, -0.25) is 4.79 Å². The molecule has 0 bridgehead atoms. The maximum atomic E-state index is 12.8. The third kappa shape index (κ3) is 2.25. The van der Waals surface area contributed by atoms with Crippen molar-refractivity contribution in [2.45, 2.75) is 13.0 Å². The first kappa shape index (κ1) is 13.3. The number of amides is 1. The summed E-state index contributed by atoms with van der Waals surface area (Å²) in [7, 11) is 1.97. The fraction of sp³-hybridized carbons (Fsp3) is 0.429. The predicted octanol–water partition coefficient (Wildman–Crippen LogP) is 1.58. The Kier molecular flexibility index (Phi) is 3.58. The number of piperazine rings is 1. The number of rotatable bonds is 2. The highest BCUT2D eigenvalue weighted by Gasteiger charge is 2.31. The first-order valence-electron chi connectivity index (χ1n) is 6.70. The first-order chi connectivity index (χ1) is 9.68. The molecule has 0 saturated carbocycles. The Hall–Kier alpha value is -1.66. The zero-order valence-electron chi connectivity index (χ0n) is 11.7. The SMILES string of the molecule is Cc1cscc1C(=O)N1CCNCC1c1nccn1C. The number of nitrogens with zero attached hydrogens (tertiary/aromatic N) is 3. The molecule has 3 rings (SSSR count). The van der Waals surface area contributed by atoms with E-state index in [1.54, 1.807) is 17.5 Å². The Labute approximate surface area is 122 Å². The molecule has 0 spiro atoms. The van der Waals surface area contributed by atoms with Crippen molar-refractivity contribution < 1.29 is 4.79 Å². The molecule has 20 heavy (non-hydrogen) atoms. The summed E-state index contributed by atoms with van der Waals surface area (Å²) in [6, 6.07) is -0.00412. The average molecular weight is 290 g/mol. The summed E-state index contributed by atoms with van der Waals surface area (Å²) in [5.74, 6) is 1.04. The van der Waals surface area contributed by atoms with Gasteiger partial charge in [-0.25, -0.2) is 4.98 Å². The molecule has 0 aromatic carbocycles. The summed E-state index contributed by atoms with van der Waals surface area (Å²) in [5, 5.41) is 7.31. The zero-order valence-corrected chi connectivity index (χ0v) is 12.5. The van der Waals surface area contributed by atoms with Gasteiger partial charge in [0.1, 0.15) is 11.9 Å². The average Bonchev–Trinajstić information content (AvgIpc) is 3.06. The fourth-order valence-electron chi connectivity index (χ4n) is 2.61. The van der Waals surface area contributed by atoms with Crippen molar-refractivity contribution in [2.24, 2.45) is 7.05 Å². The molecule has 106 valence electrons. The van der Waals surface area contributed by atoms with Crippen molar-refractivity contribution in [3.8, 4) is 0 Å². The Morgan fingerprint density at radius 3 is 3.00 bits per heavy atom. The minimum Gasteiger partial charge on any atom is -0.336 e. The molecule has 0 aliphatic carbocycles. The van der Waals surface area contributed by atoms with Crippen LogP contribution in [0.25, 0.3) is 0 Å². The summed E-state index contributed by atoms with van der Waals surface area (Å²) >= 11 is 1.58. The van der Waals surface area contributed by atoms with Gasteiger partial charge in [0.25, 0.3) is 5.91 Å². The highest BCUT2D eigenvalue weighted by Crippen LogP contribution is 2.25. The molecule has 0 radical (unpaired) electrons. The van der Waals surface area contributed by atoms with Gasteiger partial charge >= 0.3 is 0 Å². The summed E-state index contributed by atoms with van der Waals surface area (Å²) in [6.45, 7) is 4.28. The number of hydrogen-bond donors (Lipinski definition) is 1. The number of carbonyl (C=O) groups excluding carboxylic acids is 1. The standard InChI is InChI=1S/C14H18N4OS/c1-10-8-20-9-11(10)14(19)18-6-3-15-7-12(18)13-16-4-5-17(13)2/h4-5,8-9,12,15H,3,6-7H2,1-2H3. The van der Waals surface area contributed by atoms with Crippen LogP contribution in [0, 0.1) is 6.92 Å². The van der Waals surface area contributed by atoms with Crippen LogP contribution in [0.3, 0.4) is 0 Å². The Morgan fingerprint density at radius 2 is 2.35 bits per heavy atom. The molecule has 1 N–H and O–H groups in total. The summed E-state index contributed by atoms with van der Waals surface area (Å²) in [5.41, 5.74) is 1.87. The third-order valence-electron chi connectivity index (χ3n) is 3.75. The maximum Gasteiger partial charge on any atom is 0.255 e. The number of hydrogen-bond acceptors (Lipinski definition) is 4. The largest absolute Gasteiger partial charge is 0.336 e. The van der Waals surface area contributed by atoms with Crippen molar-refractivity contribution in [2.75, 3.05) is 19.6 Å². The van der Waals surface area contributed by atoms with Crippen molar-refractivity contribution in [1.82, 2.24) is 19.8 Å². The number of thiophene rings is 1. The van der Waals surface area contributed by atoms with Crippen molar-refractivity contribution in [3.63, 3.8) is 0 Å². The van der Waals surface area contributed by atoms with Crippen LogP contribution in [0.4, 0.5) is 0 Å². The molecule has 1 unspecified atom stereocenters. The smallest absolute Gasteiger partial charge is 0.255 e. The first-order valence-corrected chi connectivity index (χ1v) is 7.64. The Morgan fingerprint density at radius 1 is 1.50 bits per heavy atom. The molecular formula is C14H18N4OS. The van der Waals surface area contributed by atoms with Crippen LogP contribution >= 0.6 is 11.3 Å². The van der Waals surface area contributed by atoms with Gasteiger partial charge in [-0.05, 0) is 17.9 Å². The van der Waals surface area contributed by atoms with Crippen molar-refractivity contribution in [3.05, 3.63) is 40.1 Å². The second-order valence-corrected chi connectivity index (χ2v) is 5.83. The van der Waals surface area contributed by atoms with E-state index in [4.69, 9.17) is 0 Å². The van der Waals surface area contributed by atoms with E-state index < -0.39 is 0 Å². The van der Waals surface area contributed by atoms with Crippen LogP contribution < -0.4 is 5.32 Å². The van der Waals surface area contributed by atoms with E-state index >= 15 is 0 Å². The molecule has 1 amide bonds. The number of aryl methyl sites for hydroxylation is 2. The van der Waals surface area contributed by atoms with Gasteiger partial charge in [-0.2, -0.15) is 11.3 Å². The molecule has 1 saturated heterocycles. The third-order valence-corrected chi connectivity index (χ3v) is 4.61. The fourth-order valence-corrected chi connectivity index (χ4v) is 3.43. The van der Waals surface area contributed by atoms with Crippen LogP contribution in [0.5, 0.6) is 0 Å². The minimum atomic E-state index is -0.00412. The van der Waals surface area contributed by atoms with Gasteiger partial charge in [0, 0.05) is 44.5 Å². The second-order valence-electron chi connectivity index (χ2n) is 5.08. The Bertz CT molecular complexity index is 618. The van der Waals surface area contributed by atoms with E-state index in [2.05, 4.69) is 10.3 Å². The van der Waals surface area contributed by atoms with Crippen LogP contribution in [0.15, 0.2) is 23.2 Å². The Balaban J connectivity index is 1.92. The molecule has 5 nitrogen and oxygen atoms in total. The zero-order chi connectivity index (χ0) is 14.1. The molecule has 1 atom stereocenters. The monoisotopic (exact) mass is 290 g/mol. The van der Waals surface area contributed by atoms with Gasteiger partial charge in [0.15, 0.2) is 0 Å². The van der Waals surface area contributed by atoms with Crippen LogP contribution in [-0.4, -0.2) is 40.0 Å². The van der Waals surface area contributed by atoms with E-state index in [1.807, 2.05) is 40.4 Å². The lowest BCUT2D eigenvalue weighted by molar-refractivity contribution is 0.0620. The number of nitrogens with one attached hydrogen (secondary N) is 1. The summed E-state index contributed by atoms with van der Waals surface area (Å²) < 4.78 is 1.98. The second kappa shape index (κ2) is 5.38. The van der Waals surface area contributed by atoms with Gasteiger partial charge in [0.05, 0.1) is 5.56 Å². The summed E-state index contributed by atoms with van der Waals surface area (Å²) in [6.07, 6.45) is 3.70. The lowest BCUT2D eigenvalue weighted by Gasteiger charge is -2.35. The van der Waals surface area contributed by atoms with Gasteiger partial charge in [-0.15, -0.1) is 0 Å². The number of carbonyl (C=O) groups is 1. The highest BCUT2D eigenvalue weighted by atomic mass is 32.1. The van der Waals surface area contributed by atoms with E-state index in [-0.39, 0.29) is 11.9 Å². The van der Waals surface area contributed by atoms with Gasteiger partial charge in [0.2, 0.25) is 0 Å². The van der Waals surface area contributed by atoms with Gasteiger partial charge in [-0.1, -0.05) is 0 Å². The topological polar surface area (TPSA) is 50.2 Å². The molecule has 2 aromatic rings. The molecule has 3 heterocycles. The molecule has 2 aromatic heterocycles. The predicted molar refractivity (Wildman–Crippen MR) is 78.9 cm³/mol. The van der Waals surface area contributed by atoms with E-state index in [1.165, 1.54) is 0 Å². The molecule has 6 heteroatoms. The van der Waals surface area contributed by atoms with E-state index in [0.717, 1.165) is 30.0 Å². The van der Waals surface area contributed by atoms with Gasteiger partial charge < -0.3 is 14.8 Å². The van der Waals surface area contributed by atoms with Crippen molar-refractivity contribution >= 4 is 17.2 Å². The van der Waals surface area contributed by atoms with Crippen molar-refractivity contribution in [1.29, 1.82) is 0 Å². The molecular weight excluding hydrogens is 272 g/mol. The molecule has 1 aliphatic heterocycles. The van der Waals surface area contributed by atoms with E-state index in [0.29, 0.717) is 6.54 Å². The minimum absolute atomic E-state index is 0.00412. The summed E-state index contributed by atoms with van der Waals surface area (Å²) in [4.78, 5) is 19.1. The lowest BCUT2D eigenvalue weighted by atomic mass is 10.1.